The Bertz CT molecular complexity index is 456. The van der Waals surface area contributed by atoms with Crippen molar-refractivity contribution in [3.05, 3.63) is 0 Å². The topological polar surface area (TPSA) is 111 Å². The fourth-order valence-electron chi connectivity index (χ4n) is 1.67. The summed E-state index contributed by atoms with van der Waals surface area (Å²) in [6, 6.07) is -0.798. The smallest absolute Gasteiger partial charge is 0.328 e. The van der Waals surface area contributed by atoms with Gasteiger partial charge in [-0.2, -0.15) is 0 Å². The van der Waals surface area contributed by atoms with Gasteiger partial charge in [0.05, 0.1) is 13.7 Å². The molecule has 0 aromatic heterocycles. The highest BCUT2D eigenvalue weighted by Gasteiger charge is 2.22. The highest BCUT2D eigenvalue weighted by Crippen LogP contribution is 2.08. The molecule has 0 rings (SSSR count). The van der Waals surface area contributed by atoms with Crippen molar-refractivity contribution in [2.75, 3.05) is 13.7 Å². The molecule has 0 saturated heterocycles. The van der Waals surface area contributed by atoms with Gasteiger partial charge >= 0.3 is 11.9 Å². The van der Waals surface area contributed by atoms with Crippen molar-refractivity contribution in [2.24, 2.45) is 0 Å². The van der Waals surface area contributed by atoms with Gasteiger partial charge in [0.25, 0.3) is 0 Å². The molecule has 0 aliphatic carbocycles. The fraction of sp³-hybridized carbons (Fsp3) is 0.750. The first kappa shape index (κ1) is 21.9. The van der Waals surface area contributed by atoms with E-state index < -0.39 is 23.5 Å². The Hall–Kier alpha value is -2.12. The van der Waals surface area contributed by atoms with E-state index in [1.54, 1.807) is 20.8 Å². The fourth-order valence-corrected chi connectivity index (χ4v) is 1.67. The lowest BCUT2D eigenvalue weighted by atomic mass is 10.2. The van der Waals surface area contributed by atoms with Crippen LogP contribution in [-0.4, -0.2) is 49.1 Å². The van der Waals surface area contributed by atoms with Crippen LogP contribution in [0.3, 0.4) is 0 Å². The van der Waals surface area contributed by atoms with E-state index in [2.05, 4.69) is 15.4 Å². The van der Waals surface area contributed by atoms with E-state index in [9.17, 15) is 19.2 Å². The van der Waals surface area contributed by atoms with Crippen LogP contribution < -0.4 is 10.6 Å². The predicted octanol–water partition coefficient (Wildman–Crippen LogP) is 0.682. The molecule has 0 radical (unpaired) electrons. The SMILES string of the molecule is COC(=O)CCCCC(=O)NCC(=O)NC(C)C(=O)OC(C)(C)C. The number of carbonyl (C=O) groups excluding carboxylic acids is 4. The zero-order chi connectivity index (χ0) is 18.8. The molecule has 0 aromatic rings. The zero-order valence-corrected chi connectivity index (χ0v) is 15.1. The summed E-state index contributed by atoms with van der Waals surface area (Å²) in [5.74, 6) is -1.62. The van der Waals surface area contributed by atoms with Gasteiger partial charge in [0, 0.05) is 12.8 Å². The number of amides is 2. The molecule has 0 aliphatic rings. The minimum Gasteiger partial charge on any atom is -0.469 e. The number of rotatable bonds is 9. The zero-order valence-electron chi connectivity index (χ0n) is 15.1. The molecular formula is C16H28N2O6. The lowest BCUT2D eigenvalue weighted by Crippen LogP contribution is -2.46. The molecule has 0 spiro atoms. The van der Waals surface area contributed by atoms with E-state index in [4.69, 9.17) is 4.74 Å². The molecule has 0 heterocycles. The Morgan fingerprint density at radius 3 is 2.12 bits per heavy atom. The summed E-state index contributed by atoms with van der Waals surface area (Å²) in [6.45, 7) is 6.50. The number of hydrogen-bond donors (Lipinski definition) is 2. The number of ether oxygens (including phenoxy) is 2. The molecule has 2 N–H and O–H groups in total. The van der Waals surface area contributed by atoms with Gasteiger partial charge < -0.3 is 20.1 Å². The van der Waals surface area contributed by atoms with Crippen LogP contribution in [0, 0.1) is 0 Å². The van der Waals surface area contributed by atoms with Crippen LogP contribution in [0.5, 0.6) is 0 Å². The summed E-state index contributed by atoms with van der Waals surface area (Å²) in [5.41, 5.74) is -0.630. The van der Waals surface area contributed by atoms with Crippen LogP contribution in [0.15, 0.2) is 0 Å². The molecule has 0 bridgehead atoms. The molecule has 8 heteroatoms. The van der Waals surface area contributed by atoms with Crippen molar-refractivity contribution >= 4 is 23.8 Å². The molecule has 8 nitrogen and oxygen atoms in total. The maximum absolute atomic E-state index is 11.7. The van der Waals surface area contributed by atoms with Gasteiger partial charge in [-0.1, -0.05) is 0 Å². The van der Waals surface area contributed by atoms with Gasteiger partial charge in [0.2, 0.25) is 11.8 Å². The molecule has 2 amide bonds. The van der Waals surface area contributed by atoms with E-state index in [-0.39, 0.29) is 31.3 Å². The lowest BCUT2D eigenvalue weighted by molar-refractivity contribution is -0.158. The van der Waals surface area contributed by atoms with Crippen molar-refractivity contribution in [1.29, 1.82) is 0 Å². The number of methoxy groups -OCH3 is 1. The van der Waals surface area contributed by atoms with Gasteiger partial charge in [-0.15, -0.1) is 0 Å². The van der Waals surface area contributed by atoms with Gasteiger partial charge in [-0.3, -0.25) is 14.4 Å². The average molecular weight is 344 g/mol. The monoisotopic (exact) mass is 344 g/mol. The van der Waals surface area contributed by atoms with E-state index >= 15 is 0 Å². The highest BCUT2D eigenvalue weighted by atomic mass is 16.6. The summed E-state index contributed by atoms with van der Waals surface area (Å²) < 4.78 is 9.63. The van der Waals surface area contributed by atoms with Crippen LogP contribution in [0.4, 0.5) is 0 Å². The maximum atomic E-state index is 11.7. The number of carbonyl (C=O) groups is 4. The molecule has 0 aliphatic heterocycles. The number of unbranched alkanes of at least 4 members (excludes halogenated alkanes) is 1. The second kappa shape index (κ2) is 10.6. The van der Waals surface area contributed by atoms with Gasteiger partial charge in [0.15, 0.2) is 0 Å². The molecule has 1 atom stereocenters. The highest BCUT2D eigenvalue weighted by molar-refractivity contribution is 5.88. The van der Waals surface area contributed by atoms with Gasteiger partial charge in [-0.25, -0.2) is 4.79 Å². The molecule has 24 heavy (non-hydrogen) atoms. The first-order chi connectivity index (χ1) is 11.0. The Balaban J connectivity index is 3.94. The Kier molecular flexibility index (Phi) is 9.68. The third-order valence-electron chi connectivity index (χ3n) is 2.85. The summed E-state index contributed by atoms with van der Waals surface area (Å²) in [5, 5.41) is 4.92. The summed E-state index contributed by atoms with van der Waals surface area (Å²) in [4.78, 5) is 45.9. The Morgan fingerprint density at radius 1 is 1.00 bits per heavy atom. The number of esters is 2. The number of hydrogen-bond acceptors (Lipinski definition) is 6. The van der Waals surface area contributed by atoms with Crippen molar-refractivity contribution in [1.82, 2.24) is 10.6 Å². The largest absolute Gasteiger partial charge is 0.469 e. The van der Waals surface area contributed by atoms with Crippen LogP contribution >= 0.6 is 0 Å². The van der Waals surface area contributed by atoms with Crippen molar-refractivity contribution in [2.45, 2.75) is 65.0 Å². The second-order valence-electron chi connectivity index (χ2n) is 6.38. The quantitative estimate of drug-likeness (QED) is 0.470. The third kappa shape index (κ3) is 11.4. The summed E-state index contributed by atoms with van der Waals surface area (Å²) in [6.07, 6.45) is 1.54. The van der Waals surface area contributed by atoms with Crippen molar-refractivity contribution in [3.8, 4) is 0 Å². The molecule has 0 fully saturated rings. The van der Waals surface area contributed by atoms with Crippen LogP contribution in [0.1, 0.15) is 53.4 Å². The molecular weight excluding hydrogens is 316 g/mol. The first-order valence-corrected chi connectivity index (χ1v) is 7.91. The van der Waals surface area contributed by atoms with E-state index in [0.717, 1.165) is 0 Å². The van der Waals surface area contributed by atoms with Crippen LogP contribution in [-0.2, 0) is 28.7 Å². The van der Waals surface area contributed by atoms with E-state index in [1.807, 2.05) is 0 Å². The Labute approximate surface area is 142 Å². The van der Waals surface area contributed by atoms with E-state index in [1.165, 1.54) is 14.0 Å². The minimum absolute atomic E-state index is 0.214. The van der Waals surface area contributed by atoms with Crippen molar-refractivity contribution < 1.29 is 28.7 Å². The predicted molar refractivity (Wildman–Crippen MR) is 86.9 cm³/mol. The van der Waals surface area contributed by atoms with E-state index in [0.29, 0.717) is 12.8 Å². The third-order valence-corrected chi connectivity index (χ3v) is 2.85. The summed E-state index contributed by atoms with van der Waals surface area (Å²) in [7, 11) is 1.31. The molecule has 138 valence electrons. The normalized spacial score (nSPS) is 12.0. The van der Waals surface area contributed by atoms with Crippen LogP contribution in [0.2, 0.25) is 0 Å². The molecule has 0 saturated carbocycles. The standard InChI is InChI=1S/C16H28N2O6/c1-11(15(22)24-16(2,3)4)18-13(20)10-17-12(19)8-6-7-9-14(21)23-5/h11H,6-10H2,1-5H3,(H,17,19)(H,18,20). The Morgan fingerprint density at radius 2 is 1.58 bits per heavy atom. The first-order valence-electron chi connectivity index (χ1n) is 7.91. The summed E-state index contributed by atoms with van der Waals surface area (Å²) >= 11 is 0. The van der Waals surface area contributed by atoms with Crippen molar-refractivity contribution in [3.63, 3.8) is 0 Å². The van der Waals surface area contributed by atoms with Gasteiger partial charge in [0.1, 0.15) is 11.6 Å². The van der Waals surface area contributed by atoms with Crippen LogP contribution in [0.25, 0.3) is 0 Å². The lowest BCUT2D eigenvalue weighted by Gasteiger charge is -2.22. The molecule has 0 aromatic carbocycles. The van der Waals surface area contributed by atoms with Gasteiger partial charge in [-0.05, 0) is 40.5 Å². The number of nitrogens with one attached hydrogen (secondary N) is 2. The minimum atomic E-state index is -0.798. The average Bonchev–Trinajstić information content (AvgIpc) is 2.47. The maximum Gasteiger partial charge on any atom is 0.328 e. The molecule has 1 unspecified atom stereocenters. The second-order valence-corrected chi connectivity index (χ2v) is 6.38.